The Hall–Kier alpha value is -7.21. The van der Waals surface area contributed by atoms with Gasteiger partial charge < -0.3 is 38.5 Å². The molecule has 9 aromatic rings. The Kier molecular flexibility index (Phi) is 9.63. The van der Waals surface area contributed by atoms with Crippen molar-refractivity contribution in [2.45, 2.75) is 0 Å². The van der Waals surface area contributed by atoms with Crippen LogP contribution in [0.25, 0.3) is 0 Å². The number of nitrogens with zero attached hydrogens (tertiary/aromatic N) is 5. The molecule has 0 N–H and O–H groups in total. The molecule has 13 heteroatoms. The Morgan fingerprint density at radius 1 is 0.294 bits per heavy atom. The van der Waals surface area contributed by atoms with E-state index in [2.05, 4.69) is 95.5 Å². The minimum absolute atomic E-state index is 0.360. The van der Waals surface area contributed by atoms with E-state index in [0.29, 0.717) is 74.3 Å². The van der Waals surface area contributed by atoms with E-state index < -0.39 is 0 Å². The second kappa shape index (κ2) is 16.0. The van der Waals surface area contributed by atoms with Crippen molar-refractivity contribution in [1.29, 1.82) is 5.26 Å². The highest BCUT2D eigenvalue weighted by molar-refractivity contribution is 9.11. The molecular weight excluding hydrogens is 1110 g/mol. The van der Waals surface area contributed by atoms with Crippen LogP contribution >= 0.6 is 63.7 Å². The number of benzene rings is 9. The van der Waals surface area contributed by atoms with Crippen molar-refractivity contribution >= 4 is 132 Å². The third-order valence-corrected chi connectivity index (χ3v) is 14.2. The summed E-state index contributed by atoms with van der Waals surface area (Å²) < 4.78 is 30.2. The van der Waals surface area contributed by atoms with Crippen molar-refractivity contribution in [3.8, 4) is 52.1 Å². The smallest absolute Gasteiger partial charge is 0.152 e. The van der Waals surface area contributed by atoms with E-state index in [9.17, 15) is 5.26 Å². The number of hydrogen-bond acceptors (Lipinski definition) is 9. The summed E-state index contributed by atoms with van der Waals surface area (Å²) in [5.41, 5.74) is 8.98. The van der Waals surface area contributed by atoms with E-state index in [1.807, 2.05) is 170 Å². The molecule has 13 rings (SSSR count). The molecule has 68 heavy (non-hydrogen) atoms. The summed E-state index contributed by atoms with van der Waals surface area (Å²) in [5.74, 6) is 5.03. The molecule has 0 amide bonds. The second-order valence-corrected chi connectivity index (χ2v) is 19.8. The Bertz CT molecular complexity index is 3450. The molecule has 0 aromatic heterocycles. The number of ether oxygens (including phenoxy) is 4. The first-order valence-electron chi connectivity index (χ1n) is 21.4. The Balaban J connectivity index is 1.25. The van der Waals surface area contributed by atoms with Gasteiger partial charge in [0.15, 0.2) is 46.0 Å². The number of nitriles is 1. The van der Waals surface area contributed by atoms with Crippen LogP contribution in [-0.2, 0) is 0 Å². The second-order valence-electron chi connectivity index (χ2n) is 16.2. The molecule has 0 radical (unpaired) electrons. The van der Waals surface area contributed by atoms with Gasteiger partial charge in [-0.05, 0) is 127 Å². The largest absolute Gasteiger partial charge is 0.453 e. The van der Waals surface area contributed by atoms with Gasteiger partial charge in [0.05, 0.1) is 68.2 Å². The number of hydrogen-bond donors (Lipinski definition) is 0. The normalized spacial score (nSPS) is 13.3. The standard InChI is InChI=1S/C55H29Br4N5O4/c56-31-17-21-40-50(25-31)65-46-13-5-1-9-36(46)61(40)44-29-45(62-37-10-2-6-14-47(37)66-51-26-32(57)18-22-41(51)62)55(64-39-12-4-8-16-49(39)68-53-28-34(59)20-24-43(53)64)35(30-60)54(44)63-38-11-3-7-15-48(38)67-52-27-33(58)19-23-42(52)63/h1-29H. The van der Waals surface area contributed by atoms with Crippen LogP contribution in [-0.4, -0.2) is 0 Å². The van der Waals surface area contributed by atoms with Gasteiger partial charge in [0.25, 0.3) is 0 Å². The SMILES string of the molecule is N#Cc1c(N2c3ccccc3Oc3cc(Br)ccc32)c(N2c3ccccc3Oc3cc(Br)ccc32)cc(N2c3ccccc3Oc3cc(Br)ccc32)c1N1c2ccccc2Oc2cc(Br)ccc21. The predicted octanol–water partition coefficient (Wildman–Crippen LogP) is 18.9. The lowest BCUT2D eigenvalue weighted by Gasteiger charge is -2.43. The molecule has 9 aromatic carbocycles. The summed E-state index contributed by atoms with van der Waals surface area (Å²) in [4.78, 5) is 8.72. The topological polar surface area (TPSA) is 73.7 Å². The van der Waals surface area contributed by atoms with E-state index in [1.54, 1.807) is 0 Å². The third kappa shape index (κ3) is 6.43. The summed E-state index contributed by atoms with van der Waals surface area (Å²) in [6, 6.07) is 60.9. The van der Waals surface area contributed by atoms with Gasteiger partial charge in [0.2, 0.25) is 0 Å². The van der Waals surface area contributed by atoms with Gasteiger partial charge in [-0.2, -0.15) is 5.26 Å². The first-order chi connectivity index (χ1) is 33.3. The minimum atomic E-state index is 0.360. The van der Waals surface area contributed by atoms with Crippen LogP contribution in [0.2, 0.25) is 0 Å². The average Bonchev–Trinajstić information content (AvgIpc) is 3.35. The van der Waals surface area contributed by atoms with Crippen molar-refractivity contribution in [2.24, 2.45) is 0 Å². The number of anilines is 12. The van der Waals surface area contributed by atoms with Gasteiger partial charge in [-0.25, -0.2) is 0 Å². The highest BCUT2D eigenvalue weighted by Crippen LogP contribution is 2.65. The first kappa shape index (κ1) is 41.0. The first-order valence-corrected chi connectivity index (χ1v) is 24.6. The lowest BCUT2D eigenvalue weighted by molar-refractivity contribution is 0.475. The molecule has 0 atom stereocenters. The summed E-state index contributed by atoms with van der Waals surface area (Å²) in [5, 5.41) is 12.5. The highest BCUT2D eigenvalue weighted by atomic mass is 79.9. The van der Waals surface area contributed by atoms with Crippen LogP contribution in [0.3, 0.4) is 0 Å². The molecule has 0 aliphatic carbocycles. The van der Waals surface area contributed by atoms with Gasteiger partial charge in [0, 0.05) is 17.9 Å². The van der Waals surface area contributed by atoms with Crippen LogP contribution in [0.1, 0.15) is 5.56 Å². The third-order valence-electron chi connectivity index (χ3n) is 12.2. The van der Waals surface area contributed by atoms with Crippen molar-refractivity contribution in [3.05, 3.63) is 199 Å². The Morgan fingerprint density at radius 3 is 0.868 bits per heavy atom. The maximum atomic E-state index is 12.5. The van der Waals surface area contributed by atoms with Crippen LogP contribution in [0.4, 0.5) is 68.2 Å². The molecule has 4 aliphatic heterocycles. The van der Waals surface area contributed by atoms with E-state index in [4.69, 9.17) is 18.9 Å². The van der Waals surface area contributed by atoms with Gasteiger partial charge >= 0.3 is 0 Å². The molecule has 0 spiro atoms. The van der Waals surface area contributed by atoms with E-state index in [-0.39, 0.29) is 0 Å². The molecule has 0 unspecified atom stereocenters. The van der Waals surface area contributed by atoms with Crippen molar-refractivity contribution in [3.63, 3.8) is 0 Å². The average molecular weight is 1140 g/mol. The van der Waals surface area contributed by atoms with E-state index in [1.165, 1.54) is 0 Å². The van der Waals surface area contributed by atoms with E-state index in [0.717, 1.165) is 63.4 Å². The fourth-order valence-electron chi connectivity index (χ4n) is 9.46. The molecule has 0 fully saturated rings. The zero-order valence-corrected chi connectivity index (χ0v) is 41.5. The fourth-order valence-corrected chi connectivity index (χ4v) is 10.8. The minimum Gasteiger partial charge on any atom is -0.453 e. The summed E-state index contributed by atoms with van der Waals surface area (Å²) >= 11 is 14.9. The van der Waals surface area contributed by atoms with E-state index >= 15 is 0 Å². The zero-order valence-electron chi connectivity index (χ0n) is 35.1. The molecule has 0 saturated heterocycles. The van der Waals surface area contributed by atoms with Crippen LogP contribution in [0.15, 0.2) is 194 Å². The fraction of sp³-hybridized carbons (Fsp3) is 0. The molecule has 4 heterocycles. The molecule has 9 nitrogen and oxygen atoms in total. The zero-order chi connectivity index (χ0) is 45.8. The van der Waals surface area contributed by atoms with Gasteiger partial charge in [-0.3, -0.25) is 0 Å². The van der Waals surface area contributed by atoms with Crippen molar-refractivity contribution < 1.29 is 18.9 Å². The summed E-state index contributed by atoms with van der Waals surface area (Å²) in [6.45, 7) is 0. The lowest BCUT2D eigenvalue weighted by Crippen LogP contribution is -2.26. The lowest BCUT2D eigenvalue weighted by atomic mass is 9.97. The van der Waals surface area contributed by atoms with Crippen LogP contribution in [0.5, 0.6) is 46.0 Å². The number of halogens is 4. The Morgan fingerprint density at radius 2 is 0.559 bits per heavy atom. The molecular formula is C55H29Br4N5O4. The Labute approximate surface area is 424 Å². The summed E-state index contributed by atoms with van der Waals surface area (Å²) in [7, 11) is 0. The molecule has 0 bridgehead atoms. The van der Waals surface area contributed by atoms with Crippen LogP contribution < -0.4 is 38.5 Å². The van der Waals surface area contributed by atoms with Gasteiger partial charge in [-0.1, -0.05) is 112 Å². The quantitative estimate of drug-likeness (QED) is 0.171. The number of rotatable bonds is 4. The molecule has 326 valence electrons. The van der Waals surface area contributed by atoms with Gasteiger partial charge in [0.1, 0.15) is 11.6 Å². The maximum absolute atomic E-state index is 12.5. The molecule has 0 saturated carbocycles. The maximum Gasteiger partial charge on any atom is 0.152 e. The molecule has 4 aliphatic rings. The number of para-hydroxylation sites is 8. The highest BCUT2D eigenvalue weighted by Gasteiger charge is 2.41. The van der Waals surface area contributed by atoms with Crippen LogP contribution in [0, 0.1) is 11.3 Å². The predicted molar refractivity (Wildman–Crippen MR) is 281 cm³/mol. The number of fused-ring (bicyclic) bond motifs is 8. The van der Waals surface area contributed by atoms with Gasteiger partial charge in [-0.15, -0.1) is 0 Å². The monoisotopic (exact) mass is 1140 g/mol. The van der Waals surface area contributed by atoms with Crippen molar-refractivity contribution in [1.82, 2.24) is 0 Å². The summed E-state index contributed by atoms with van der Waals surface area (Å²) in [6.07, 6.45) is 0. The van der Waals surface area contributed by atoms with Crippen molar-refractivity contribution in [2.75, 3.05) is 19.6 Å².